The molecule has 4 nitrogen and oxygen atoms in total. The van der Waals surface area contributed by atoms with Gasteiger partial charge in [0.15, 0.2) is 8.29 Å². The molecule has 21 heavy (non-hydrogen) atoms. The molecule has 1 N–H and O–H groups in total. The zero-order chi connectivity index (χ0) is 14.7. The van der Waals surface area contributed by atoms with Crippen molar-refractivity contribution >= 4 is 41.2 Å². The van der Waals surface area contributed by atoms with Crippen LogP contribution in [0.4, 0.5) is 0 Å². The van der Waals surface area contributed by atoms with E-state index in [1.54, 1.807) is 4.68 Å². The van der Waals surface area contributed by atoms with Crippen LogP contribution in [-0.4, -0.2) is 28.0 Å². The van der Waals surface area contributed by atoms with E-state index in [-0.39, 0.29) is 5.91 Å². The molecule has 7 heteroatoms. The van der Waals surface area contributed by atoms with E-state index in [2.05, 4.69) is 10.4 Å². The number of aromatic nitrogens is 2. The lowest BCUT2D eigenvalue weighted by molar-refractivity contribution is -0.118. The summed E-state index contributed by atoms with van der Waals surface area (Å²) in [5.74, 6) is 1.17. The van der Waals surface area contributed by atoms with Crippen molar-refractivity contribution in [2.45, 2.75) is 17.2 Å². The van der Waals surface area contributed by atoms with Crippen molar-refractivity contribution in [3.63, 3.8) is 0 Å². The van der Waals surface area contributed by atoms with Gasteiger partial charge in [-0.3, -0.25) is 4.79 Å². The summed E-state index contributed by atoms with van der Waals surface area (Å²) in [4.78, 5) is 11.7. The molecule has 1 heterocycles. The summed E-state index contributed by atoms with van der Waals surface area (Å²) >= 11 is 8.21. The van der Waals surface area contributed by atoms with Crippen molar-refractivity contribution in [3.05, 3.63) is 34.3 Å². The number of amides is 1. The maximum Gasteiger partial charge on any atom is 0.230 e. The number of benzene rings is 1. The lowest BCUT2D eigenvalue weighted by atomic mass is 10.3. The Morgan fingerprint density at radius 3 is 2.90 bits per heavy atom. The number of carbonyl (C=O) groups excluding carboxylic acids is 1. The summed E-state index contributed by atoms with van der Waals surface area (Å²) in [7, 11) is 0. The molecule has 1 aromatic carbocycles. The number of thioether (sulfide) groups is 1. The van der Waals surface area contributed by atoms with Crippen LogP contribution in [0.3, 0.4) is 0 Å². The molecule has 1 aliphatic carbocycles. The molecule has 3 rings (SSSR count). The number of para-hydroxylation sites is 1. The fourth-order valence-electron chi connectivity index (χ4n) is 1.81. The topological polar surface area (TPSA) is 46.9 Å². The van der Waals surface area contributed by atoms with Crippen LogP contribution >= 0.6 is 35.3 Å². The Morgan fingerprint density at radius 2 is 2.19 bits per heavy atom. The zero-order valence-electron chi connectivity index (χ0n) is 11.3. The van der Waals surface area contributed by atoms with E-state index in [4.69, 9.17) is 12.2 Å². The van der Waals surface area contributed by atoms with Crippen molar-refractivity contribution in [1.82, 2.24) is 15.1 Å². The Morgan fingerprint density at radius 1 is 1.43 bits per heavy atom. The van der Waals surface area contributed by atoms with E-state index in [9.17, 15) is 4.79 Å². The van der Waals surface area contributed by atoms with Crippen LogP contribution in [-0.2, 0) is 4.79 Å². The van der Waals surface area contributed by atoms with E-state index < -0.39 is 0 Å². The second-order valence-corrected chi connectivity index (χ2v) is 7.76. The largest absolute Gasteiger partial charge is 0.355 e. The number of hydrogen-bond donors (Lipinski definition) is 1. The molecule has 1 aliphatic rings. The first-order valence-electron chi connectivity index (χ1n) is 6.77. The Hall–Kier alpha value is -1.18. The molecule has 0 aliphatic heterocycles. The normalized spacial score (nSPS) is 14.1. The summed E-state index contributed by atoms with van der Waals surface area (Å²) in [6.45, 7) is 0.813. The third kappa shape index (κ3) is 4.15. The van der Waals surface area contributed by atoms with Crippen molar-refractivity contribution in [2.24, 2.45) is 5.92 Å². The molecule has 0 bridgehead atoms. The summed E-state index contributed by atoms with van der Waals surface area (Å²) < 4.78 is 3.26. The van der Waals surface area contributed by atoms with Gasteiger partial charge in [0, 0.05) is 6.54 Å². The van der Waals surface area contributed by atoms with Gasteiger partial charge in [-0.05, 0) is 43.1 Å². The van der Waals surface area contributed by atoms with Crippen LogP contribution in [0.25, 0.3) is 5.69 Å². The average Bonchev–Trinajstić information content (AvgIpc) is 3.26. The van der Waals surface area contributed by atoms with Crippen molar-refractivity contribution in [2.75, 3.05) is 12.3 Å². The molecule has 110 valence electrons. The molecule has 1 aromatic heterocycles. The quantitative estimate of drug-likeness (QED) is 0.649. The molecule has 1 saturated carbocycles. The highest BCUT2D eigenvalue weighted by Crippen LogP contribution is 2.28. The Bertz CT molecular complexity index is 676. The second kappa shape index (κ2) is 6.72. The molecule has 1 amide bonds. The highest BCUT2D eigenvalue weighted by Gasteiger charge is 2.21. The minimum Gasteiger partial charge on any atom is -0.355 e. The molecule has 1 fully saturated rings. The summed E-state index contributed by atoms with van der Waals surface area (Å²) in [6.07, 6.45) is 2.49. The summed E-state index contributed by atoms with van der Waals surface area (Å²) in [6, 6.07) is 9.79. The molecular formula is C14H15N3OS3. The first-order valence-corrected chi connectivity index (χ1v) is 8.98. The number of rotatable bonds is 6. The van der Waals surface area contributed by atoms with Gasteiger partial charge in [0.05, 0.1) is 11.4 Å². The van der Waals surface area contributed by atoms with Crippen molar-refractivity contribution in [1.29, 1.82) is 0 Å². The smallest absolute Gasteiger partial charge is 0.230 e. The van der Waals surface area contributed by atoms with Crippen LogP contribution in [0, 0.1) is 9.87 Å². The van der Waals surface area contributed by atoms with Gasteiger partial charge in [-0.1, -0.05) is 41.3 Å². The third-order valence-corrected chi connectivity index (χ3v) is 5.51. The number of hydrogen-bond acceptors (Lipinski definition) is 5. The molecule has 2 aromatic rings. The van der Waals surface area contributed by atoms with Crippen LogP contribution in [0.5, 0.6) is 0 Å². The fraction of sp³-hybridized carbons (Fsp3) is 0.357. The minimum atomic E-state index is 0.0688. The number of carbonyl (C=O) groups is 1. The predicted molar refractivity (Wildman–Crippen MR) is 88.7 cm³/mol. The minimum absolute atomic E-state index is 0.0688. The van der Waals surface area contributed by atoms with Gasteiger partial charge >= 0.3 is 0 Å². The molecule has 0 spiro atoms. The van der Waals surface area contributed by atoms with E-state index in [1.807, 2.05) is 30.3 Å². The van der Waals surface area contributed by atoms with E-state index in [1.165, 1.54) is 35.9 Å². The van der Waals surface area contributed by atoms with Gasteiger partial charge in [-0.15, -0.1) is 5.10 Å². The summed E-state index contributed by atoms with van der Waals surface area (Å²) in [5.41, 5.74) is 0.948. The maximum atomic E-state index is 11.7. The molecule has 0 saturated heterocycles. The Balaban J connectivity index is 1.59. The van der Waals surface area contributed by atoms with E-state index in [0.29, 0.717) is 15.6 Å². The third-order valence-electron chi connectivity index (χ3n) is 3.14. The van der Waals surface area contributed by atoms with Gasteiger partial charge in [0.25, 0.3) is 0 Å². The average molecular weight is 337 g/mol. The maximum absolute atomic E-state index is 11.7. The molecule has 0 atom stereocenters. The fourth-order valence-corrected chi connectivity index (χ4v) is 4.00. The van der Waals surface area contributed by atoms with E-state index in [0.717, 1.165) is 16.6 Å². The highest BCUT2D eigenvalue weighted by atomic mass is 32.2. The standard InChI is InChI=1S/C14H15N3OS3/c18-12(15-8-10-6-7-10)9-20-13-16-17(14(19)21-13)11-4-2-1-3-5-11/h1-5,10H,6-9H2,(H,15,18). The monoisotopic (exact) mass is 337 g/mol. The first kappa shape index (κ1) is 14.7. The van der Waals surface area contributed by atoms with Gasteiger partial charge in [0.2, 0.25) is 5.91 Å². The van der Waals surface area contributed by atoms with Gasteiger partial charge in [-0.2, -0.15) is 0 Å². The summed E-state index contributed by atoms with van der Waals surface area (Å²) in [5, 5.41) is 7.43. The zero-order valence-corrected chi connectivity index (χ0v) is 13.8. The lowest BCUT2D eigenvalue weighted by Gasteiger charge is -2.02. The molecule has 0 radical (unpaired) electrons. The van der Waals surface area contributed by atoms with Gasteiger partial charge in [0.1, 0.15) is 0 Å². The number of nitrogens with one attached hydrogen (secondary N) is 1. The van der Waals surface area contributed by atoms with Crippen molar-refractivity contribution in [3.8, 4) is 5.69 Å². The molecular weight excluding hydrogens is 322 g/mol. The predicted octanol–water partition coefficient (Wildman–Crippen LogP) is 3.28. The van der Waals surface area contributed by atoms with Crippen LogP contribution in [0.1, 0.15) is 12.8 Å². The Kier molecular flexibility index (Phi) is 4.72. The Labute approximate surface area is 136 Å². The SMILES string of the molecule is O=C(CSc1nn(-c2ccccc2)c(=S)s1)NCC1CC1. The highest BCUT2D eigenvalue weighted by molar-refractivity contribution is 8.01. The van der Waals surface area contributed by atoms with E-state index >= 15 is 0 Å². The van der Waals surface area contributed by atoms with Crippen molar-refractivity contribution < 1.29 is 4.79 Å². The second-order valence-electron chi connectivity index (χ2n) is 4.92. The van der Waals surface area contributed by atoms with Gasteiger partial charge < -0.3 is 5.32 Å². The van der Waals surface area contributed by atoms with Crippen LogP contribution < -0.4 is 5.32 Å². The van der Waals surface area contributed by atoms with Crippen LogP contribution in [0.15, 0.2) is 34.7 Å². The molecule has 0 unspecified atom stereocenters. The van der Waals surface area contributed by atoms with Gasteiger partial charge in [-0.25, -0.2) is 4.68 Å². The first-order chi connectivity index (χ1) is 10.2. The van der Waals surface area contributed by atoms with Crippen LogP contribution in [0.2, 0.25) is 0 Å². The lowest BCUT2D eigenvalue weighted by Crippen LogP contribution is -2.27. The number of nitrogens with zero attached hydrogens (tertiary/aromatic N) is 2.